The minimum absolute atomic E-state index is 0.0219. The van der Waals surface area contributed by atoms with Crippen molar-refractivity contribution in [3.05, 3.63) is 12.7 Å². The summed E-state index contributed by atoms with van der Waals surface area (Å²) < 4.78 is 0. The maximum atomic E-state index is 12.0. The maximum Gasteiger partial charge on any atom is 0.239 e. The van der Waals surface area contributed by atoms with Crippen LogP contribution in [0.5, 0.6) is 0 Å². The fourth-order valence-corrected chi connectivity index (χ4v) is 2.10. The predicted octanol–water partition coefficient (Wildman–Crippen LogP) is 1.41. The summed E-state index contributed by atoms with van der Waals surface area (Å²) in [7, 11) is 1.83. The highest BCUT2D eigenvalue weighted by Crippen LogP contribution is 2.20. The second-order valence-corrected chi connectivity index (χ2v) is 4.31. The third-order valence-electron chi connectivity index (χ3n) is 3.17. The summed E-state index contributed by atoms with van der Waals surface area (Å²) in [6.45, 7) is 7.45. The number of rotatable bonds is 4. The smallest absolute Gasteiger partial charge is 0.239 e. The standard InChI is InChI=1S/C12H22N2O/c1-4-8-14(3)12(15)11-9-10(5-2)6-7-13-11/h4,10-11,13H,1,5-9H2,2-3H3. The molecule has 0 bridgehead atoms. The predicted molar refractivity (Wildman–Crippen MR) is 62.6 cm³/mol. The summed E-state index contributed by atoms with van der Waals surface area (Å²) in [6.07, 6.45) is 5.12. The van der Waals surface area contributed by atoms with E-state index in [1.807, 2.05) is 7.05 Å². The Balaban J connectivity index is 2.47. The summed E-state index contributed by atoms with van der Waals surface area (Å²) in [5.41, 5.74) is 0. The van der Waals surface area contributed by atoms with E-state index in [4.69, 9.17) is 0 Å². The number of piperidine rings is 1. The fraction of sp³-hybridized carbons (Fsp3) is 0.750. The lowest BCUT2D eigenvalue weighted by Gasteiger charge is -2.31. The zero-order valence-corrected chi connectivity index (χ0v) is 9.83. The first-order valence-corrected chi connectivity index (χ1v) is 5.78. The van der Waals surface area contributed by atoms with Gasteiger partial charge in [-0.3, -0.25) is 4.79 Å². The molecule has 86 valence electrons. The summed E-state index contributed by atoms with van der Waals surface area (Å²) in [6, 6.07) is 0.0219. The molecular weight excluding hydrogens is 188 g/mol. The third-order valence-corrected chi connectivity index (χ3v) is 3.17. The molecule has 3 heteroatoms. The van der Waals surface area contributed by atoms with E-state index in [2.05, 4.69) is 18.8 Å². The van der Waals surface area contributed by atoms with E-state index < -0.39 is 0 Å². The van der Waals surface area contributed by atoms with Crippen LogP contribution in [0.25, 0.3) is 0 Å². The van der Waals surface area contributed by atoms with E-state index in [9.17, 15) is 4.79 Å². The SMILES string of the molecule is C=CCN(C)C(=O)C1CC(CC)CCN1. The number of amides is 1. The number of nitrogens with one attached hydrogen (secondary N) is 1. The van der Waals surface area contributed by atoms with Gasteiger partial charge in [0.05, 0.1) is 6.04 Å². The number of carbonyl (C=O) groups excluding carboxylic acids is 1. The lowest BCUT2D eigenvalue weighted by molar-refractivity contribution is -0.132. The molecule has 0 saturated carbocycles. The Morgan fingerprint density at radius 3 is 3.00 bits per heavy atom. The average Bonchev–Trinajstić information content (AvgIpc) is 2.28. The molecule has 1 amide bonds. The Labute approximate surface area is 92.5 Å². The van der Waals surface area contributed by atoms with Crippen LogP contribution in [0.1, 0.15) is 26.2 Å². The molecule has 1 aliphatic rings. The lowest BCUT2D eigenvalue weighted by Crippen LogP contribution is -2.49. The molecule has 0 aliphatic carbocycles. The van der Waals surface area contributed by atoms with Gasteiger partial charge >= 0.3 is 0 Å². The average molecular weight is 210 g/mol. The first-order chi connectivity index (χ1) is 7.19. The molecule has 1 saturated heterocycles. The molecule has 1 rings (SSSR count). The van der Waals surface area contributed by atoms with Crippen molar-refractivity contribution in [1.29, 1.82) is 0 Å². The van der Waals surface area contributed by atoms with E-state index in [0.717, 1.165) is 13.0 Å². The molecule has 2 unspecified atom stereocenters. The molecular formula is C12H22N2O. The number of hydrogen-bond donors (Lipinski definition) is 1. The van der Waals surface area contributed by atoms with Crippen molar-refractivity contribution in [3.63, 3.8) is 0 Å². The van der Waals surface area contributed by atoms with Crippen molar-refractivity contribution in [3.8, 4) is 0 Å². The highest BCUT2D eigenvalue weighted by Gasteiger charge is 2.27. The Bertz CT molecular complexity index is 228. The molecule has 1 N–H and O–H groups in total. The van der Waals surface area contributed by atoms with Crippen molar-refractivity contribution in [2.45, 2.75) is 32.2 Å². The Hall–Kier alpha value is -0.830. The van der Waals surface area contributed by atoms with Gasteiger partial charge in [-0.15, -0.1) is 6.58 Å². The van der Waals surface area contributed by atoms with Crippen LogP contribution in [0.15, 0.2) is 12.7 Å². The van der Waals surface area contributed by atoms with Gasteiger partial charge in [0.2, 0.25) is 5.91 Å². The zero-order chi connectivity index (χ0) is 11.3. The minimum Gasteiger partial charge on any atom is -0.341 e. The molecule has 0 aromatic carbocycles. The van der Waals surface area contributed by atoms with E-state index >= 15 is 0 Å². The van der Waals surface area contributed by atoms with Crippen LogP contribution < -0.4 is 5.32 Å². The van der Waals surface area contributed by atoms with Crippen molar-refractivity contribution >= 4 is 5.91 Å². The molecule has 0 spiro atoms. The molecule has 0 aromatic heterocycles. The lowest BCUT2D eigenvalue weighted by atomic mass is 9.90. The van der Waals surface area contributed by atoms with Crippen LogP contribution in [0.2, 0.25) is 0 Å². The zero-order valence-electron chi connectivity index (χ0n) is 9.83. The minimum atomic E-state index is 0.0219. The van der Waals surface area contributed by atoms with E-state index in [-0.39, 0.29) is 11.9 Å². The highest BCUT2D eigenvalue weighted by molar-refractivity contribution is 5.81. The van der Waals surface area contributed by atoms with Gasteiger partial charge in [0.15, 0.2) is 0 Å². The second kappa shape index (κ2) is 5.91. The van der Waals surface area contributed by atoms with Gasteiger partial charge in [0, 0.05) is 13.6 Å². The molecule has 1 aliphatic heterocycles. The first kappa shape index (κ1) is 12.2. The molecule has 1 fully saturated rings. The van der Waals surface area contributed by atoms with E-state index in [0.29, 0.717) is 12.5 Å². The molecule has 0 aromatic rings. The number of carbonyl (C=O) groups is 1. The van der Waals surface area contributed by atoms with Gasteiger partial charge in [0.25, 0.3) is 0 Å². The van der Waals surface area contributed by atoms with Crippen molar-refractivity contribution < 1.29 is 4.79 Å². The van der Waals surface area contributed by atoms with Gasteiger partial charge in [0.1, 0.15) is 0 Å². The van der Waals surface area contributed by atoms with Crippen molar-refractivity contribution in [2.24, 2.45) is 5.92 Å². The maximum absolute atomic E-state index is 12.0. The number of hydrogen-bond acceptors (Lipinski definition) is 2. The Morgan fingerprint density at radius 1 is 1.67 bits per heavy atom. The first-order valence-electron chi connectivity index (χ1n) is 5.78. The molecule has 0 radical (unpaired) electrons. The van der Waals surface area contributed by atoms with E-state index in [1.54, 1.807) is 11.0 Å². The number of nitrogens with zero attached hydrogens (tertiary/aromatic N) is 1. The van der Waals surface area contributed by atoms with Crippen LogP contribution in [-0.4, -0.2) is 37.0 Å². The normalized spacial score (nSPS) is 26.0. The summed E-state index contributed by atoms with van der Waals surface area (Å²) in [5, 5.41) is 3.30. The van der Waals surface area contributed by atoms with Crippen molar-refractivity contribution in [1.82, 2.24) is 10.2 Å². The highest BCUT2D eigenvalue weighted by atomic mass is 16.2. The Kier molecular flexibility index (Phi) is 4.82. The van der Waals surface area contributed by atoms with Gasteiger partial charge in [-0.2, -0.15) is 0 Å². The molecule has 15 heavy (non-hydrogen) atoms. The summed E-state index contributed by atoms with van der Waals surface area (Å²) in [5.74, 6) is 0.908. The van der Waals surface area contributed by atoms with E-state index in [1.165, 1.54) is 12.8 Å². The van der Waals surface area contributed by atoms with Crippen LogP contribution in [0.3, 0.4) is 0 Å². The third kappa shape index (κ3) is 3.34. The topological polar surface area (TPSA) is 32.3 Å². The number of likely N-dealkylation sites (N-methyl/N-ethyl adjacent to an activating group) is 1. The van der Waals surface area contributed by atoms with Gasteiger partial charge in [-0.05, 0) is 25.3 Å². The Morgan fingerprint density at radius 2 is 2.40 bits per heavy atom. The summed E-state index contributed by atoms with van der Waals surface area (Å²) in [4.78, 5) is 13.7. The van der Waals surface area contributed by atoms with Crippen LogP contribution in [-0.2, 0) is 4.79 Å². The van der Waals surface area contributed by atoms with Gasteiger partial charge in [-0.1, -0.05) is 19.4 Å². The van der Waals surface area contributed by atoms with Gasteiger partial charge < -0.3 is 10.2 Å². The fourth-order valence-electron chi connectivity index (χ4n) is 2.10. The molecule has 1 heterocycles. The second-order valence-electron chi connectivity index (χ2n) is 4.31. The van der Waals surface area contributed by atoms with Gasteiger partial charge in [-0.25, -0.2) is 0 Å². The largest absolute Gasteiger partial charge is 0.341 e. The van der Waals surface area contributed by atoms with Crippen molar-refractivity contribution in [2.75, 3.05) is 20.1 Å². The van der Waals surface area contributed by atoms with Crippen LogP contribution >= 0.6 is 0 Å². The quantitative estimate of drug-likeness (QED) is 0.712. The monoisotopic (exact) mass is 210 g/mol. The van der Waals surface area contributed by atoms with Crippen LogP contribution in [0, 0.1) is 5.92 Å². The summed E-state index contributed by atoms with van der Waals surface area (Å²) >= 11 is 0. The van der Waals surface area contributed by atoms with Crippen LogP contribution in [0.4, 0.5) is 0 Å². The molecule has 3 nitrogen and oxygen atoms in total. The molecule has 2 atom stereocenters.